The molecule has 74 valence electrons. The highest BCUT2D eigenvalue weighted by Gasteiger charge is 2.25. The third-order valence-electron chi connectivity index (χ3n) is 2.47. The minimum atomic E-state index is 0. The Morgan fingerprint density at radius 3 is 2.58 bits per heavy atom. The molecule has 2 atom stereocenters. The lowest BCUT2D eigenvalue weighted by Gasteiger charge is -2.35. The van der Waals surface area contributed by atoms with Crippen molar-refractivity contribution in [1.29, 1.82) is 0 Å². The van der Waals surface area contributed by atoms with E-state index in [4.69, 9.17) is 5.11 Å². The van der Waals surface area contributed by atoms with Gasteiger partial charge in [0.2, 0.25) is 0 Å². The minimum absolute atomic E-state index is 0. The highest BCUT2D eigenvalue weighted by atomic mass is 35.5. The second-order valence-corrected chi connectivity index (χ2v) is 3.47. The van der Waals surface area contributed by atoms with Gasteiger partial charge in [-0.15, -0.1) is 12.4 Å². The van der Waals surface area contributed by atoms with E-state index in [0.29, 0.717) is 18.6 Å². The van der Waals surface area contributed by atoms with Crippen LogP contribution in [0.5, 0.6) is 0 Å². The lowest BCUT2D eigenvalue weighted by atomic mass is 9.93. The first-order valence-electron chi connectivity index (χ1n) is 4.23. The van der Waals surface area contributed by atoms with Gasteiger partial charge in [-0.3, -0.25) is 0 Å². The van der Waals surface area contributed by atoms with Gasteiger partial charge < -0.3 is 15.3 Å². The Hall–Kier alpha value is 0.170. The Bertz CT molecular complexity index is 122. The summed E-state index contributed by atoms with van der Waals surface area (Å²) < 4.78 is 0. The van der Waals surface area contributed by atoms with Crippen molar-refractivity contribution >= 4 is 12.4 Å². The van der Waals surface area contributed by atoms with Gasteiger partial charge in [-0.05, 0) is 27.1 Å². The Morgan fingerprint density at radius 2 is 2.17 bits per heavy atom. The molecule has 1 fully saturated rings. The standard InChI is InChI=1S/C8H18N2O.ClH/c1-10(2)8-3-4-9-5-7(8)6-11;/h7-9,11H,3-6H2,1-2H3;1H/t7-,8+;/m0./s1. The quantitative estimate of drug-likeness (QED) is 0.647. The zero-order valence-electron chi connectivity index (χ0n) is 7.79. The summed E-state index contributed by atoms with van der Waals surface area (Å²) in [5, 5.41) is 12.3. The summed E-state index contributed by atoms with van der Waals surface area (Å²) in [4.78, 5) is 2.21. The van der Waals surface area contributed by atoms with Crippen molar-refractivity contribution in [2.75, 3.05) is 33.8 Å². The number of rotatable bonds is 2. The molecule has 0 saturated carbocycles. The van der Waals surface area contributed by atoms with Crippen molar-refractivity contribution in [3.63, 3.8) is 0 Å². The van der Waals surface area contributed by atoms with Crippen LogP contribution in [0.25, 0.3) is 0 Å². The number of aliphatic hydroxyl groups is 1. The molecule has 0 radical (unpaired) electrons. The van der Waals surface area contributed by atoms with E-state index in [2.05, 4.69) is 24.3 Å². The number of nitrogens with zero attached hydrogens (tertiary/aromatic N) is 1. The third-order valence-corrected chi connectivity index (χ3v) is 2.47. The molecule has 12 heavy (non-hydrogen) atoms. The molecule has 3 nitrogen and oxygen atoms in total. The number of nitrogens with one attached hydrogen (secondary N) is 1. The van der Waals surface area contributed by atoms with Crippen LogP contribution >= 0.6 is 12.4 Å². The van der Waals surface area contributed by atoms with Crippen molar-refractivity contribution in [1.82, 2.24) is 10.2 Å². The number of piperidine rings is 1. The summed E-state index contributed by atoms with van der Waals surface area (Å²) in [6.07, 6.45) is 1.15. The molecule has 1 aliphatic heterocycles. The van der Waals surface area contributed by atoms with Crippen molar-refractivity contribution in [3.05, 3.63) is 0 Å². The molecular formula is C8H19ClN2O. The lowest BCUT2D eigenvalue weighted by Crippen LogP contribution is -2.48. The minimum Gasteiger partial charge on any atom is -0.396 e. The molecule has 0 unspecified atom stereocenters. The summed E-state index contributed by atoms with van der Waals surface area (Å²) in [7, 11) is 4.16. The summed E-state index contributed by atoms with van der Waals surface area (Å²) in [6, 6.07) is 0.557. The molecule has 0 amide bonds. The predicted octanol–water partition coefficient (Wildman–Crippen LogP) is -0.0598. The molecule has 0 aromatic heterocycles. The topological polar surface area (TPSA) is 35.5 Å². The maximum Gasteiger partial charge on any atom is 0.0486 e. The van der Waals surface area contributed by atoms with Crippen LogP contribution in [0.2, 0.25) is 0 Å². The summed E-state index contributed by atoms with van der Waals surface area (Å²) in [6.45, 7) is 2.34. The van der Waals surface area contributed by atoms with Crippen molar-refractivity contribution < 1.29 is 5.11 Å². The Kier molecular flexibility index (Phi) is 5.84. The largest absolute Gasteiger partial charge is 0.396 e. The second-order valence-electron chi connectivity index (χ2n) is 3.47. The van der Waals surface area contributed by atoms with E-state index in [-0.39, 0.29) is 12.4 Å². The lowest BCUT2D eigenvalue weighted by molar-refractivity contribution is 0.107. The van der Waals surface area contributed by atoms with Gasteiger partial charge in [0.05, 0.1) is 0 Å². The molecule has 0 spiro atoms. The highest BCUT2D eigenvalue weighted by Crippen LogP contribution is 2.14. The van der Waals surface area contributed by atoms with Gasteiger partial charge in [0.15, 0.2) is 0 Å². The zero-order chi connectivity index (χ0) is 8.27. The average molecular weight is 195 g/mol. The van der Waals surface area contributed by atoms with E-state index in [9.17, 15) is 0 Å². The fourth-order valence-corrected chi connectivity index (χ4v) is 1.78. The maximum absolute atomic E-state index is 9.04. The van der Waals surface area contributed by atoms with E-state index in [1.165, 1.54) is 0 Å². The van der Waals surface area contributed by atoms with Crippen LogP contribution in [-0.4, -0.2) is 49.8 Å². The highest BCUT2D eigenvalue weighted by molar-refractivity contribution is 5.85. The van der Waals surface area contributed by atoms with Gasteiger partial charge in [-0.1, -0.05) is 0 Å². The zero-order valence-corrected chi connectivity index (χ0v) is 8.60. The second kappa shape index (κ2) is 5.75. The molecule has 1 rings (SSSR count). The Labute approximate surface area is 80.5 Å². The van der Waals surface area contributed by atoms with Gasteiger partial charge in [0, 0.05) is 25.1 Å². The first-order chi connectivity index (χ1) is 5.25. The molecule has 0 aliphatic carbocycles. The predicted molar refractivity (Wildman–Crippen MR) is 52.8 cm³/mol. The molecule has 0 aromatic rings. The molecule has 1 saturated heterocycles. The monoisotopic (exact) mass is 194 g/mol. The van der Waals surface area contributed by atoms with Gasteiger partial charge in [0.1, 0.15) is 0 Å². The van der Waals surface area contributed by atoms with E-state index >= 15 is 0 Å². The van der Waals surface area contributed by atoms with E-state index in [1.807, 2.05) is 0 Å². The number of hydrogen-bond donors (Lipinski definition) is 2. The van der Waals surface area contributed by atoms with Crippen LogP contribution in [0, 0.1) is 5.92 Å². The van der Waals surface area contributed by atoms with Crippen molar-refractivity contribution in [2.45, 2.75) is 12.5 Å². The molecule has 0 bridgehead atoms. The van der Waals surface area contributed by atoms with Gasteiger partial charge >= 0.3 is 0 Å². The van der Waals surface area contributed by atoms with Crippen LogP contribution in [0.4, 0.5) is 0 Å². The van der Waals surface area contributed by atoms with Gasteiger partial charge in [0.25, 0.3) is 0 Å². The fourth-order valence-electron chi connectivity index (χ4n) is 1.78. The van der Waals surface area contributed by atoms with Crippen molar-refractivity contribution in [2.24, 2.45) is 5.92 Å². The summed E-state index contributed by atoms with van der Waals surface area (Å²) in [5.74, 6) is 0.416. The Morgan fingerprint density at radius 1 is 1.50 bits per heavy atom. The number of aliphatic hydroxyl groups excluding tert-OH is 1. The molecule has 4 heteroatoms. The van der Waals surface area contributed by atoms with Crippen LogP contribution < -0.4 is 5.32 Å². The SMILES string of the molecule is CN(C)[C@@H]1CCNC[C@H]1CO.Cl. The smallest absolute Gasteiger partial charge is 0.0486 e. The van der Waals surface area contributed by atoms with Gasteiger partial charge in [-0.2, -0.15) is 0 Å². The Balaban J connectivity index is 0.00000121. The van der Waals surface area contributed by atoms with Gasteiger partial charge in [-0.25, -0.2) is 0 Å². The molecule has 1 aliphatic rings. The van der Waals surface area contributed by atoms with E-state index in [1.54, 1.807) is 0 Å². The first kappa shape index (κ1) is 12.2. The number of halogens is 1. The van der Waals surface area contributed by atoms with Crippen molar-refractivity contribution in [3.8, 4) is 0 Å². The van der Waals surface area contributed by atoms with Crippen LogP contribution in [0.3, 0.4) is 0 Å². The molecular weight excluding hydrogens is 176 g/mol. The van der Waals surface area contributed by atoms with E-state index < -0.39 is 0 Å². The molecule has 1 heterocycles. The molecule has 2 N–H and O–H groups in total. The average Bonchev–Trinajstić information content (AvgIpc) is 2.04. The third kappa shape index (κ3) is 2.90. The number of hydrogen-bond acceptors (Lipinski definition) is 3. The van der Waals surface area contributed by atoms with Crippen LogP contribution in [0.15, 0.2) is 0 Å². The van der Waals surface area contributed by atoms with Crippen LogP contribution in [0.1, 0.15) is 6.42 Å². The van der Waals surface area contributed by atoms with E-state index in [0.717, 1.165) is 19.5 Å². The normalized spacial score (nSPS) is 30.0. The molecule has 0 aromatic carbocycles. The maximum atomic E-state index is 9.04. The fraction of sp³-hybridized carbons (Fsp3) is 1.00. The van der Waals surface area contributed by atoms with Crippen LogP contribution in [-0.2, 0) is 0 Å². The first-order valence-corrected chi connectivity index (χ1v) is 4.23. The summed E-state index contributed by atoms with van der Waals surface area (Å²) in [5.41, 5.74) is 0. The summed E-state index contributed by atoms with van der Waals surface area (Å²) >= 11 is 0.